The number of ketones is 1. The van der Waals surface area contributed by atoms with Crippen LogP contribution in [0.3, 0.4) is 0 Å². The SMILES string of the molecule is CC(=O)CCc1cncc(Cc2ccccc2)c1. The summed E-state index contributed by atoms with van der Waals surface area (Å²) < 4.78 is 0. The molecule has 0 amide bonds. The minimum absolute atomic E-state index is 0.225. The molecule has 1 aromatic heterocycles. The summed E-state index contributed by atoms with van der Waals surface area (Å²) in [7, 11) is 0. The molecule has 2 nitrogen and oxygen atoms in total. The molecule has 0 radical (unpaired) electrons. The largest absolute Gasteiger partial charge is 0.300 e. The predicted octanol–water partition coefficient (Wildman–Crippen LogP) is 3.19. The highest BCUT2D eigenvalue weighted by atomic mass is 16.1. The van der Waals surface area contributed by atoms with Crippen molar-refractivity contribution in [2.24, 2.45) is 0 Å². The fraction of sp³-hybridized carbons (Fsp3) is 0.250. The zero-order chi connectivity index (χ0) is 12.8. The van der Waals surface area contributed by atoms with E-state index in [2.05, 4.69) is 23.2 Å². The maximum Gasteiger partial charge on any atom is 0.130 e. The molecule has 0 bridgehead atoms. The molecule has 1 heterocycles. The normalized spacial score (nSPS) is 10.3. The zero-order valence-electron chi connectivity index (χ0n) is 10.6. The number of rotatable bonds is 5. The van der Waals surface area contributed by atoms with E-state index in [1.807, 2.05) is 30.6 Å². The van der Waals surface area contributed by atoms with Crippen molar-refractivity contribution < 1.29 is 4.79 Å². The maximum atomic E-state index is 11.0. The molecule has 0 fully saturated rings. The van der Waals surface area contributed by atoms with Crippen molar-refractivity contribution in [3.63, 3.8) is 0 Å². The Bertz CT molecular complexity index is 520. The van der Waals surface area contributed by atoms with E-state index in [9.17, 15) is 4.79 Å². The minimum atomic E-state index is 0.225. The molecule has 0 atom stereocenters. The highest BCUT2D eigenvalue weighted by Gasteiger charge is 2.00. The molecule has 2 heteroatoms. The molecule has 0 saturated carbocycles. The second kappa shape index (κ2) is 6.10. The van der Waals surface area contributed by atoms with Gasteiger partial charge in [-0.3, -0.25) is 4.98 Å². The molecule has 2 aromatic rings. The van der Waals surface area contributed by atoms with Crippen LogP contribution in [-0.2, 0) is 17.6 Å². The van der Waals surface area contributed by atoms with Gasteiger partial charge in [0.1, 0.15) is 5.78 Å². The van der Waals surface area contributed by atoms with Gasteiger partial charge in [-0.2, -0.15) is 0 Å². The first-order chi connectivity index (χ1) is 8.74. The third-order valence-corrected chi connectivity index (χ3v) is 2.87. The second-order valence-corrected chi connectivity index (χ2v) is 4.57. The third kappa shape index (κ3) is 3.81. The van der Waals surface area contributed by atoms with Crippen LogP contribution in [0.15, 0.2) is 48.8 Å². The molecule has 92 valence electrons. The van der Waals surface area contributed by atoms with Crippen molar-refractivity contribution >= 4 is 5.78 Å². The summed E-state index contributed by atoms with van der Waals surface area (Å²) >= 11 is 0. The number of Topliss-reactive ketones (excluding diaryl/α,β-unsaturated/α-hetero) is 1. The van der Waals surface area contributed by atoms with E-state index in [1.165, 1.54) is 11.1 Å². The van der Waals surface area contributed by atoms with Crippen LogP contribution in [0.4, 0.5) is 0 Å². The summed E-state index contributed by atoms with van der Waals surface area (Å²) in [6, 6.07) is 12.5. The summed E-state index contributed by atoms with van der Waals surface area (Å²) in [6.45, 7) is 1.63. The van der Waals surface area contributed by atoms with Crippen molar-refractivity contribution in [1.29, 1.82) is 0 Å². The van der Waals surface area contributed by atoms with E-state index in [1.54, 1.807) is 6.92 Å². The van der Waals surface area contributed by atoms with Gasteiger partial charge in [-0.15, -0.1) is 0 Å². The standard InChI is InChI=1S/C16H17NO/c1-13(18)7-8-15-10-16(12-17-11-15)9-14-5-3-2-4-6-14/h2-6,10-12H,7-9H2,1H3. The van der Waals surface area contributed by atoms with E-state index >= 15 is 0 Å². The quantitative estimate of drug-likeness (QED) is 0.802. The van der Waals surface area contributed by atoms with Crippen LogP contribution in [0.5, 0.6) is 0 Å². The minimum Gasteiger partial charge on any atom is -0.300 e. The number of carbonyl (C=O) groups is 1. The molecule has 0 aliphatic carbocycles. The van der Waals surface area contributed by atoms with Crippen LogP contribution < -0.4 is 0 Å². The number of pyridine rings is 1. The molecular formula is C16H17NO. The lowest BCUT2D eigenvalue weighted by Gasteiger charge is -2.04. The fourth-order valence-electron chi connectivity index (χ4n) is 1.93. The van der Waals surface area contributed by atoms with Crippen LogP contribution in [0.1, 0.15) is 30.0 Å². The molecular weight excluding hydrogens is 222 g/mol. The van der Waals surface area contributed by atoms with E-state index in [-0.39, 0.29) is 5.78 Å². The molecule has 0 aliphatic rings. The molecule has 0 unspecified atom stereocenters. The van der Waals surface area contributed by atoms with Crippen molar-refractivity contribution in [2.75, 3.05) is 0 Å². The fourth-order valence-corrected chi connectivity index (χ4v) is 1.93. The number of hydrogen-bond donors (Lipinski definition) is 0. The number of aryl methyl sites for hydroxylation is 1. The Balaban J connectivity index is 2.05. The second-order valence-electron chi connectivity index (χ2n) is 4.57. The molecule has 1 aromatic carbocycles. The average Bonchev–Trinajstić information content (AvgIpc) is 2.38. The Morgan fingerprint density at radius 3 is 2.50 bits per heavy atom. The predicted molar refractivity (Wildman–Crippen MR) is 72.5 cm³/mol. The smallest absolute Gasteiger partial charge is 0.130 e. The summed E-state index contributed by atoms with van der Waals surface area (Å²) in [5.41, 5.74) is 3.61. The average molecular weight is 239 g/mol. The van der Waals surface area contributed by atoms with Crippen LogP contribution in [0.2, 0.25) is 0 Å². The van der Waals surface area contributed by atoms with Crippen LogP contribution >= 0.6 is 0 Å². The van der Waals surface area contributed by atoms with E-state index in [0.717, 1.165) is 18.4 Å². The monoisotopic (exact) mass is 239 g/mol. The number of carbonyl (C=O) groups excluding carboxylic acids is 1. The third-order valence-electron chi connectivity index (χ3n) is 2.87. The van der Waals surface area contributed by atoms with Gasteiger partial charge in [-0.25, -0.2) is 0 Å². The summed E-state index contributed by atoms with van der Waals surface area (Å²) in [4.78, 5) is 15.2. The Kier molecular flexibility index (Phi) is 4.24. The van der Waals surface area contributed by atoms with Gasteiger partial charge < -0.3 is 4.79 Å². The van der Waals surface area contributed by atoms with E-state index in [4.69, 9.17) is 0 Å². The Morgan fingerprint density at radius 2 is 1.78 bits per heavy atom. The lowest BCUT2D eigenvalue weighted by Crippen LogP contribution is -1.96. The van der Waals surface area contributed by atoms with Crippen LogP contribution in [-0.4, -0.2) is 10.8 Å². The lowest BCUT2D eigenvalue weighted by molar-refractivity contribution is -0.116. The first-order valence-corrected chi connectivity index (χ1v) is 6.20. The first kappa shape index (κ1) is 12.5. The van der Waals surface area contributed by atoms with Crippen molar-refractivity contribution in [1.82, 2.24) is 4.98 Å². The summed E-state index contributed by atoms with van der Waals surface area (Å²) in [6.07, 6.45) is 6.00. The van der Waals surface area contributed by atoms with Gasteiger partial charge in [-0.1, -0.05) is 36.4 Å². The van der Waals surface area contributed by atoms with Gasteiger partial charge in [-0.05, 0) is 36.5 Å². The number of hydrogen-bond acceptors (Lipinski definition) is 2. The topological polar surface area (TPSA) is 30.0 Å². The summed E-state index contributed by atoms with van der Waals surface area (Å²) in [5.74, 6) is 0.225. The van der Waals surface area contributed by atoms with Gasteiger partial charge in [0, 0.05) is 18.8 Å². The van der Waals surface area contributed by atoms with Gasteiger partial charge in [0.15, 0.2) is 0 Å². The Hall–Kier alpha value is -1.96. The van der Waals surface area contributed by atoms with E-state index < -0.39 is 0 Å². The number of aromatic nitrogens is 1. The summed E-state index contributed by atoms with van der Waals surface area (Å²) in [5, 5.41) is 0. The van der Waals surface area contributed by atoms with Gasteiger partial charge >= 0.3 is 0 Å². The highest BCUT2D eigenvalue weighted by molar-refractivity contribution is 5.75. The van der Waals surface area contributed by atoms with Crippen molar-refractivity contribution in [2.45, 2.75) is 26.2 Å². The molecule has 0 aliphatic heterocycles. The zero-order valence-corrected chi connectivity index (χ0v) is 10.6. The first-order valence-electron chi connectivity index (χ1n) is 6.20. The van der Waals surface area contributed by atoms with Gasteiger partial charge in [0.2, 0.25) is 0 Å². The molecule has 0 spiro atoms. The number of benzene rings is 1. The van der Waals surface area contributed by atoms with Gasteiger partial charge in [0.05, 0.1) is 0 Å². The van der Waals surface area contributed by atoms with Crippen molar-refractivity contribution in [3.8, 4) is 0 Å². The Morgan fingerprint density at radius 1 is 1.06 bits per heavy atom. The van der Waals surface area contributed by atoms with Crippen molar-refractivity contribution in [3.05, 3.63) is 65.5 Å². The molecule has 0 N–H and O–H groups in total. The lowest BCUT2D eigenvalue weighted by atomic mass is 10.0. The maximum absolute atomic E-state index is 11.0. The van der Waals surface area contributed by atoms with Crippen LogP contribution in [0, 0.1) is 0 Å². The van der Waals surface area contributed by atoms with Gasteiger partial charge in [0.25, 0.3) is 0 Å². The van der Waals surface area contributed by atoms with E-state index in [0.29, 0.717) is 6.42 Å². The van der Waals surface area contributed by atoms with Crippen LogP contribution in [0.25, 0.3) is 0 Å². The Labute approximate surface area is 108 Å². The number of nitrogens with zero attached hydrogens (tertiary/aromatic N) is 1. The molecule has 2 rings (SSSR count). The molecule has 0 saturated heterocycles. The highest BCUT2D eigenvalue weighted by Crippen LogP contribution is 2.11. The molecule has 18 heavy (non-hydrogen) atoms.